The van der Waals surface area contributed by atoms with Crippen molar-refractivity contribution in [2.24, 2.45) is 0 Å². The highest BCUT2D eigenvalue weighted by Gasteiger charge is 2.24. The normalized spacial score (nSPS) is 11.5. The SMILES string of the molecule is Cc1cc(C)c(OS(=O)(=O)c2cc(F)ccc2F)c(C)c1. The summed E-state index contributed by atoms with van der Waals surface area (Å²) < 4.78 is 56.0. The predicted octanol–water partition coefficient (Wildman–Crippen LogP) is 3.66. The zero-order chi connectivity index (χ0) is 15.8. The van der Waals surface area contributed by atoms with Crippen LogP contribution in [0.25, 0.3) is 0 Å². The summed E-state index contributed by atoms with van der Waals surface area (Å²) in [6.45, 7) is 5.24. The fourth-order valence-electron chi connectivity index (χ4n) is 2.12. The first kappa shape index (κ1) is 15.4. The van der Waals surface area contributed by atoms with E-state index in [9.17, 15) is 17.2 Å². The molecule has 3 nitrogen and oxygen atoms in total. The molecule has 0 bridgehead atoms. The third-order valence-electron chi connectivity index (χ3n) is 2.96. The van der Waals surface area contributed by atoms with E-state index in [0.29, 0.717) is 17.2 Å². The molecular weight excluding hydrogens is 298 g/mol. The largest absolute Gasteiger partial charge is 0.378 e. The quantitative estimate of drug-likeness (QED) is 0.812. The molecule has 0 unspecified atom stereocenters. The molecule has 0 aromatic heterocycles. The Labute approximate surface area is 122 Å². The topological polar surface area (TPSA) is 43.4 Å². The van der Waals surface area contributed by atoms with Gasteiger partial charge >= 0.3 is 10.1 Å². The van der Waals surface area contributed by atoms with Crippen molar-refractivity contribution in [3.8, 4) is 5.75 Å². The molecule has 0 fully saturated rings. The Kier molecular flexibility index (Phi) is 4.00. The lowest BCUT2D eigenvalue weighted by molar-refractivity contribution is 0.470. The number of aryl methyl sites for hydroxylation is 3. The van der Waals surface area contributed by atoms with Gasteiger partial charge in [-0.05, 0) is 50.1 Å². The van der Waals surface area contributed by atoms with Crippen LogP contribution in [0.3, 0.4) is 0 Å². The van der Waals surface area contributed by atoms with Gasteiger partial charge < -0.3 is 4.18 Å². The maximum Gasteiger partial charge on any atom is 0.342 e. The third-order valence-corrected chi connectivity index (χ3v) is 4.20. The van der Waals surface area contributed by atoms with Crippen molar-refractivity contribution in [2.45, 2.75) is 25.7 Å². The number of halogens is 2. The molecule has 0 amide bonds. The van der Waals surface area contributed by atoms with Crippen LogP contribution in [-0.2, 0) is 10.1 Å². The highest BCUT2D eigenvalue weighted by atomic mass is 32.2. The van der Waals surface area contributed by atoms with Gasteiger partial charge in [-0.25, -0.2) is 8.78 Å². The second-order valence-corrected chi connectivity index (χ2v) is 6.35. The summed E-state index contributed by atoms with van der Waals surface area (Å²) in [5, 5.41) is 0. The van der Waals surface area contributed by atoms with Crippen LogP contribution in [0.1, 0.15) is 16.7 Å². The van der Waals surface area contributed by atoms with Gasteiger partial charge in [0.25, 0.3) is 0 Å². The zero-order valence-electron chi connectivity index (χ0n) is 11.8. The van der Waals surface area contributed by atoms with Crippen LogP contribution >= 0.6 is 0 Å². The summed E-state index contributed by atoms with van der Waals surface area (Å²) in [6, 6.07) is 5.69. The van der Waals surface area contributed by atoms with Gasteiger partial charge in [0.2, 0.25) is 0 Å². The van der Waals surface area contributed by atoms with Crippen molar-refractivity contribution in [3.05, 3.63) is 58.7 Å². The molecule has 0 atom stereocenters. The fraction of sp³-hybridized carbons (Fsp3) is 0.200. The molecule has 0 saturated carbocycles. The summed E-state index contributed by atoms with van der Waals surface area (Å²) in [5.74, 6) is -1.78. The Morgan fingerprint density at radius 2 is 1.52 bits per heavy atom. The predicted molar refractivity (Wildman–Crippen MR) is 74.8 cm³/mol. The molecular formula is C15H14F2O3S. The van der Waals surface area contributed by atoms with Crippen molar-refractivity contribution in [2.75, 3.05) is 0 Å². The number of benzene rings is 2. The first-order chi connectivity index (χ1) is 9.70. The summed E-state index contributed by atoms with van der Waals surface area (Å²) >= 11 is 0. The van der Waals surface area contributed by atoms with Crippen LogP contribution in [0.4, 0.5) is 8.78 Å². The van der Waals surface area contributed by atoms with Crippen LogP contribution < -0.4 is 4.18 Å². The minimum Gasteiger partial charge on any atom is -0.378 e. The van der Waals surface area contributed by atoms with Crippen molar-refractivity contribution in [3.63, 3.8) is 0 Å². The summed E-state index contributed by atoms with van der Waals surface area (Å²) in [4.78, 5) is -0.818. The molecule has 0 aliphatic rings. The average Bonchev–Trinajstić information content (AvgIpc) is 2.36. The Bertz CT molecular complexity index is 776. The number of hydrogen-bond acceptors (Lipinski definition) is 3. The van der Waals surface area contributed by atoms with E-state index >= 15 is 0 Å². The zero-order valence-corrected chi connectivity index (χ0v) is 12.6. The first-order valence-electron chi connectivity index (χ1n) is 6.18. The molecule has 0 spiro atoms. The summed E-state index contributed by atoms with van der Waals surface area (Å²) in [5.41, 5.74) is 2.16. The van der Waals surface area contributed by atoms with E-state index in [0.717, 1.165) is 17.7 Å². The van der Waals surface area contributed by atoms with E-state index in [-0.39, 0.29) is 5.75 Å². The van der Waals surface area contributed by atoms with Crippen molar-refractivity contribution in [1.82, 2.24) is 0 Å². The third kappa shape index (κ3) is 3.21. The van der Waals surface area contributed by atoms with Gasteiger partial charge in [-0.15, -0.1) is 0 Å². The molecule has 0 radical (unpaired) electrons. The van der Waals surface area contributed by atoms with Crippen LogP contribution in [0.15, 0.2) is 35.2 Å². The highest BCUT2D eigenvalue weighted by molar-refractivity contribution is 7.87. The summed E-state index contributed by atoms with van der Waals surface area (Å²) in [6.07, 6.45) is 0. The lowest BCUT2D eigenvalue weighted by Gasteiger charge is -2.13. The van der Waals surface area contributed by atoms with E-state index in [4.69, 9.17) is 4.18 Å². The fourth-order valence-corrected chi connectivity index (χ4v) is 3.26. The molecule has 0 aliphatic heterocycles. The molecule has 0 aliphatic carbocycles. The summed E-state index contributed by atoms with van der Waals surface area (Å²) in [7, 11) is -4.44. The second-order valence-electron chi connectivity index (χ2n) is 4.84. The van der Waals surface area contributed by atoms with Gasteiger partial charge in [0.15, 0.2) is 0 Å². The molecule has 0 N–H and O–H groups in total. The van der Waals surface area contributed by atoms with Crippen molar-refractivity contribution >= 4 is 10.1 Å². The van der Waals surface area contributed by atoms with Crippen molar-refractivity contribution < 1.29 is 21.4 Å². The van der Waals surface area contributed by atoms with Gasteiger partial charge in [0.05, 0.1) is 0 Å². The highest BCUT2D eigenvalue weighted by Crippen LogP contribution is 2.28. The van der Waals surface area contributed by atoms with Gasteiger partial charge in [0, 0.05) is 0 Å². The Balaban J connectivity index is 2.50. The minimum absolute atomic E-state index is 0.129. The van der Waals surface area contributed by atoms with Crippen LogP contribution in [-0.4, -0.2) is 8.42 Å². The van der Waals surface area contributed by atoms with Gasteiger partial charge in [-0.2, -0.15) is 8.42 Å². The molecule has 0 saturated heterocycles. The number of rotatable bonds is 3. The molecule has 112 valence electrons. The first-order valence-corrected chi connectivity index (χ1v) is 7.59. The molecule has 6 heteroatoms. The van der Waals surface area contributed by atoms with Crippen molar-refractivity contribution in [1.29, 1.82) is 0 Å². The molecule has 2 aromatic rings. The molecule has 2 aromatic carbocycles. The monoisotopic (exact) mass is 312 g/mol. The van der Waals surface area contributed by atoms with Gasteiger partial charge in [-0.3, -0.25) is 0 Å². The maximum atomic E-state index is 13.6. The van der Waals surface area contributed by atoms with E-state index in [1.807, 2.05) is 6.92 Å². The van der Waals surface area contributed by atoms with Crippen LogP contribution in [0, 0.1) is 32.4 Å². The lowest BCUT2D eigenvalue weighted by Crippen LogP contribution is -2.13. The standard InChI is InChI=1S/C15H14F2O3S/c1-9-6-10(2)15(11(3)7-9)20-21(18,19)14-8-12(16)4-5-13(14)17/h4-8H,1-3H3. The molecule has 21 heavy (non-hydrogen) atoms. The molecule has 2 rings (SSSR count). The molecule has 0 heterocycles. The van der Waals surface area contributed by atoms with E-state index < -0.39 is 26.6 Å². The Hall–Kier alpha value is -1.95. The van der Waals surface area contributed by atoms with E-state index in [1.54, 1.807) is 26.0 Å². The lowest BCUT2D eigenvalue weighted by atomic mass is 10.1. The van der Waals surface area contributed by atoms with Crippen LogP contribution in [0.5, 0.6) is 5.75 Å². The van der Waals surface area contributed by atoms with E-state index in [1.165, 1.54) is 0 Å². The van der Waals surface area contributed by atoms with Gasteiger partial charge in [-0.1, -0.05) is 17.7 Å². The smallest absolute Gasteiger partial charge is 0.342 e. The van der Waals surface area contributed by atoms with Gasteiger partial charge in [0.1, 0.15) is 22.3 Å². The average molecular weight is 312 g/mol. The van der Waals surface area contributed by atoms with E-state index in [2.05, 4.69) is 0 Å². The second kappa shape index (κ2) is 5.44. The van der Waals surface area contributed by atoms with Crippen LogP contribution in [0.2, 0.25) is 0 Å². The minimum atomic E-state index is -4.44. The maximum absolute atomic E-state index is 13.6. The Morgan fingerprint density at radius 1 is 0.952 bits per heavy atom. The number of hydrogen-bond donors (Lipinski definition) is 0. The Morgan fingerprint density at radius 3 is 2.10 bits per heavy atom.